The lowest BCUT2D eigenvalue weighted by molar-refractivity contribution is 0.0926. The molecule has 1 aliphatic rings. The number of amides is 1. The quantitative estimate of drug-likeness (QED) is 0.894. The Morgan fingerprint density at radius 1 is 1.56 bits per heavy atom. The van der Waals surface area contributed by atoms with Crippen molar-refractivity contribution in [2.24, 2.45) is 5.41 Å². The van der Waals surface area contributed by atoms with Gasteiger partial charge in [-0.2, -0.15) is 0 Å². The summed E-state index contributed by atoms with van der Waals surface area (Å²) in [6.07, 6.45) is 2.25. The van der Waals surface area contributed by atoms with Crippen LogP contribution in [-0.4, -0.2) is 25.5 Å². The Labute approximate surface area is 120 Å². The molecular weight excluding hydrogens is 312 g/mol. The maximum Gasteiger partial charge on any atom is 0.261 e. The van der Waals surface area contributed by atoms with Crippen LogP contribution < -0.4 is 10.6 Å². The zero-order valence-electron chi connectivity index (χ0n) is 10.8. The summed E-state index contributed by atoms with van der Waals surface area (Å²) in [5.41, 5.74) is 1.36. The minimum absolute atomic E-state index is 0.0496. The van der Waals surface area contributed by atoms with E-state index < -0.39 is 0 Å². The Morgan fingerprint density at radius 3 is 2.78 bits per heavy atom. The zero-order chi connectivity index (χ0) is 13.2. The van der Waals surface area contributed by atoms with E-state index in [-0.39, 0.29) is 11.3 Å². The van der Waals surface area contributed by atoms with Gasteiger partial charge in [-0.3, -0.25) is 4.79 Å². The molecule has 1 aliphatic heterocycles. The standard InChI is InChI=1S/C13H19BrN2OS/c1-9-7-10(18-11(9)14)12(17)16-8-13(2)3-5-15-6-4-13/h7,15H,3-6,8H2,1-2H3,(H,16,17). The molecule has 0 radical (unpaired) electrons. The zero-order valence-corrected chi connectivity index (χ0v) is 13.2. The largest absolute Gasteiger partial charge is 0.351 e. The smallest absolute Gasteiger partial charge is 0.261 e. The molecule has 0 aromatic carbocycles. The molecule has 0 bridgehead atoms. The summed E-state index contributed by atoms with van der Waals surface area (Å²) in [5.74, 6) is 0.0496. The lowest BCUT2D eigenvalue weighted by Gasteiger charge is -2.34. The molecule has 2 heterocycles. The molecule has 1 amide bonds. The van der Waals surface area contributed by atoms with Crippen LogP contribution in [0, 0.1) is 12.3 Å². The van der Waals surface area contributed by atoms with E-state index in [2.05, 4.69) is 33.5 Å². The number of rotatable bonds is 3. The Hall–Kier alpha value is -0.390. The van der Waals surface area contributed by atoms with Gasteiger partial charge in [0.1, 0.15) is 0 Å². The topological polar surface area (TPSA) is 41.1 Å². The normalized spacial score (nSPS) is 18.6. The van der Waals surface area contributed by atoms with Crippen LogP contribution in [-0.2, 0) is 0 Å². The monoisotopic (exact) mass is 330 g/mol. The lowest BCUT2D eigenvalue weighted by atomic mass is 9.81. The number of carbonyl (C=O) groups excluding carboxylic acids is 1. The van der Waals surface area contributed by atoms with Crippen LogP contribution in [0.4, 0.5) is 0 Å². The highest BCUT2D eigenvalue weighted by Crippen LogP contribution is 2.29. The second-order valence-corrected chi connectivity index (χ2v) is 7.68. The second-order valence-electron chi connectivity index (χ2n) is 5.31. The van der Waals surface area contributed by atoms with E-state index in [0.29, 0.717) is 0 Å². The van der Waals surface area contributed by atoms with Crippen molar-refractivity contribution in [3.8, 4) is 0 Å². The van der Waals surface area contributed by atoms with E-state index in [0.717, 1.165) is 46.7 Å². The third-order valence-electron chi connectivity index (χ3n) is 3.57. The average molecular weight is 331 g/mol. The van der Waals surface area contributed by atoms with Gasteiger partial charge in [-0.15, -0.1) is 11.3 Å². The third kappa shape index (κ3) is 3.33. The Morgan fingerprint density at radius 2 is 2.22 bits per heavy atom. The molecule has 0 unspecified atom stereocenters. The van der Waals surface area contributed by atoms with Gasteiger partial charge in [0.15, 0.2) is 0 Å². The van der Waals surface area contributed by atoms with Gasteiger partial charge in [-0.05, 0) is 65.8 Å². The molecular formula is C13H19BrN2OS. The first kappa shape index (κ1) is 14.0. The third-order valence-corrected chi connectivity index (χ3v) is 5.70. The van der Waals surface area contributed by atoms with Crippen molar-refractivity contribution in [2.45, 2.75) is 26.7 Å². The van der Waals surface area contributed by atoms with E-state index in [1.807, 2.05) is 13.0 Å². The van der Waals surface area contributed by atoms with Crippen LogP contribution in [0.15, 0.2) is 9.85 Å². The van der Waals surface area contributed by atoms with Crippen LogP contribution in [0.3, 0.4) is 0 Å². The second kappa shape index (κ2) is 5.72. The number of thiophene rings is 1. The summed E-state index contributed by atoms with van der Waals surface area (Å²) in [7, 11) is 0. The number of halogens is 1. The molecule has 1 aromatic heterocycles. The maximum atomic E-state index is 12.1. The summed E-state index contributed by atoms with van der Waals surface area (Å²) in [5, 5.41) is 6.43. The summed E-state index contributed by atoms with van der Waals surface area (Å²) < 4.78 is 1.04. The SMILES string of the molecule is Cc1cc(C(=O)NCC2(C)CCNCC2)sc1Br. The minimum atomic E-state index is 0.0496. The van der Waals surface area contributed by atoms with E-state index in [1.165, 1.54) is 11.3 Å². The van der Waals surface area contributed by atoms with Gasteiger partial charge in [0.05, 0.1) is 8.66 Å². The van der Waals surface area contributed by atoms with E-state index in [1.54, 1.807) is 0 Å². The molecule has 1 aromatic rings. The maximum absolute atomic E-state index is 12.1. The molecule has 0 spiro atoms. The molecule has 100 valence electrons. The summed E-state index contributed by atoms with van der Waals surface area (Å²) in [4.78, 5) is 12.8. The predicted molar refractivity (Wildman–Crippen MR) is 79.3 cm³/mol. The summed E-state index contributed by atoms with van der Waals surface area (Å²) >= 11 is 4.95. The fourth-order valence-corrected chi connectivity index (χ4v) is 3.61. The van der Waals surface area contributed by atoms with Crippen LogP contribution in [0.1, 0.15) is 35.0 Å². The Kier molecular flexibility index (Phi) is 4.45. The number of piperidine rings is 1. The van der Waals surface area contributed by atoms with Gasteiger partial charge in [-0.1, -0.05) is 6.92 Å². The average Bonchev–Trinajstić information content (AvgIpc) is 2.68. The number of nitrogens with one attached hydrogen (secondary N) is 2. The Balaban J connectivity index is 1.91. The number of carbonyl (C=O) groups is 1. The van der Waals surface area contributed by atoms with Crippen molar-refractivity contribution < 1.29 is 4.79 Å². The molecule has 0 aliphatic carbocycles. The molecule has 18 heavy (non-hydrogen) atoms. The summed E-state index contributed by atoms with van der Waals surface area (Å²) in [6.45, 7) is 7.13. The molecule has 1 fully saturated rings. The van der Waals surface area contributed by atoms with Gasteiger partial charge < -0.3 is 10.6 Å². The molecule has 0 atom stereocenters. The number of hydrogen-bond acceptors (Lipinski definition) is 3. The van der Waals surface area contributed by atoms with Crippen LogP contribution in [0.5, 0.6) is 0 Å². The number of hydrogen-bond donors (Lipinski definition) is 2. The van der Waals surface area contributed by atoms with Crippen LogP contribution in [0.2, 0.25) is 0 Å². The van der Waals surface area contributed by atoms with E-state index >= 15 is 0 Å². The molecule has 3 nitrogen and oxygen atoms in total. The van der Waals surface area contributed by atoms with Gasteiger partial charge in [-0.25, -0.2) is 0 Å². The first-order chi connectivity index (χ1) is 8.50. The van der Waals surface area contributed by atoms with Crippen LogP contribution in [0.25, 0.3) is 0 Å². The highest BCUT2D eigenvalue weighted by atomic mass is 79.9. The first-order valence-corrected chi connectivity index (χ1v) is 7.86. The highest BCUT2D eigenvalue weighted by molar-refractivity contribution is 9.11. The molecule has 5 heteroatoms. The van der Waals surface area contributed by atoms with E-state index in [9.17, 15) is 4.79 Å². The fourth-order valence-electron chi connectivity index (χ4n) is 2.16. The van der Waals surface area contributed by atoms with Crippen molar-refractivity contribution >= 4 is 33.2 Å². The van der Waals surface area contributed by atoms with Gasteiger partial charge >= 0.3 is 0 Å². The van der Waals surface area contributed by atoms with Crippen molar-refractivity contribution in [3.63, 3.8) is 0 Å². The van der Waals surface area contributed by atoms with Gasteiger partial charge in [0.25, 0.3) is 5.91 Å². The first-order valence-electron chi connectivity index (χ1n) is 6.25. The predicted octanol–water partition coefficient (Wildman–Crippen LogP) is 2.94. The fraction of sp³-hybridized carbons (Fsp3) is 0.615. The lowest BCUT2D eigenvalue weighted by Crippen LogP contribution is -2.42. The van der Waals surface area contributed by atoms with Crippen molar-refractivity contribution in [3.05, 3.63) is 20.3 Å². The van der Waals surface area contributed by atoms with Crippen molar-refractivity contribution in [1.29, 1.82) is 0 Å². The van der Waals surface area contributed by atoms with Crippen molar-refractivity contribution in [1.82, 2.24) is 10.6 Å². The van der Waals surface area contributed by atoms with Gasteiger partial charge in [0.2, 0.25) is 0 Å². The Bertz CT molecular complexity index is 419. The van der Waals surface area contributed by atoms with Crippen molar-refractivity contribution in [2.75, 3.05) is 19.6 Å². The molecule has 2 N–H and O–H groups in total. The summed E-state index contributed by atoms with van der Waals surface area (Å²) in [6, 6.07) is 1.94. The highest BCUT2D eigenvalue weighted by Gasteiger charge is 2.27. The van der Waals surface area contributed by atoms with E-state index in [4.69, 9.17) is 0 Å². The van der Waals surface area contributed by atoms with Crippen LogP contribution >= 0.6 is 27.3 Å². The van der Waals surface area contributed by atoms with Gasteiger partial charge in [0, 0.05) is 6.54 Å². The molecule has 0 saturated carbocycles. The minimum Gasteiger partial charge on any atom is -0.351 e. The molecule has 2 rings (SSSR count). The molecule has 1 saturated heterocycles. The number of aryl methyl sites for hydroxylation is 1.